The van der Waals surface area contributed by atoms with Gasteiger partial charge in [0.25, 0.3) is 5.91 Å². The number of nitrogens with zero attached hydrogens (tertiary/aromatic N) is 1. The topological polar surface area (TPSA) is 84.9 Å². The van der Waals surface area contributed by atoms with Gasteiger partial charge in [-0.2, -0.15) is 5.10 Å². The summed E-state index contributed by atoms with van der Waals surface area (Å²) >= 11 is 0. The van der Waals surface area contributed by atoms with Gasteiger partial charge in [-0.05, 0) is 41.5 Å². The summed E-state index contributed by atoms with van der Waals surface area (Å²) in [6, 6.07) is 21.3. The maximum Gasteiger partial charge on any atom is 0.264 e. The van der Waals surface area contributed by atoms with Gasteiger partial charge in [0, 0.05) is 34.8 Å². The van der Waals surface area contributed by atoms with Crippen LogP contribution in [0.1, 0.15) is 16.7 Å². The van der Waals surface area contributed by atoms with Crippen LogP contribution in [0.2, 0.25) is 0 Å². The first-order valence-electron chi connectivity index (χ1n) is 10.4. The van der Waals surface area contributed by atoms with Crippen LogP contribution in [0.3, 0.4) is 0 Å². The van der Waals surface area contributed by atoms with E-state index in [0.29, 0.717) is 18.1 Å². The van der Waals surface area contributed by atoms with Crippen molar-refractivity contribution >= 4 is 29.1 Å². The summed E-state index contributed by atoms with van der Waals surface area (Å²) < 4.78 is 16.5. The maximum absolute atomic E-state index is 12.1. The highest BCUT2D eigenvalue weighted by Gasteiger charge is 2.12. The number of aromatic amines is 1. The molecule has 3 aromatic carbocycles. The van der Waals surface area contributed by atoms with Crippen molar-refractivity contribution in [1.29, 1.82) is 0 Å². The molecule has 0 saturated carbocycles. The number of rotatable bonds is 7. The zero-order valence-electron chi connectivity index (χ0n) is 17.7. The number of hydrogen-bond acceptors (Lipinski definition) is 5. The van der Waals surface area contributed by atoms with Crippen LogP contribution in [0.5, 0.6) is 17.2 Å². The highest BCUT2D eigenvalue weighted by molar-refractivity contribution is 6.00. The first kappa shape index (κ1) is 20.4. The summed E-state index contributed by atoms with van der Waals surface area (Å²) in [6.07, 6.45) is 6.55. The van der Waals surface area contributed by atoms with Gasteiger partial charge in [0.05, 0.1) is 6.21 Å². The summed E-state index contributed by atoms with van der Waals surface area (Å²) in [6.45, 7) is 0.723. The van der Waals surface area contributed by atoms with Crippen molar-refractivity contribution in [2.24, 2.45) is 5.10 Å². The minimum Gasteiger partial charge on any atom is -0.489 e. The van der Waals surface area contributed by atoms with E-state index in [4.69, 9.17) is 14.2 Å². The highest BCUT2D eigenvalue weighted by atomic mass is 16.7. The van der Waals surface area contributed by atoms with Crippen molar-refractivity contribution in [1.82, 2.24) is 10.4 Å². The molecule has 0 spiro atoms. The van der Waals surface area contributed by atoms with Crippen LogP contribution < -0.4 is 19.6 Å². The van der Waals surface area contributed by atoms with E-state index in [9.17, 15) is 4.79 Å². The monoisotopic (exact) mass is 439 g/mol. The standard InChI is InChI=1S/C26H21N3O4/c30-26(11-7-18-6-10-24-25(12-18)33-17-32-24)29-28-15-20-14-27-23-13-21(8-9-22(20)23)31-16-19-4-2-1-3-5-19/h1-15,27H,16-17H2,(H,29,30)/b11-7?,28-15+. The predicted octanol–water partition coefficient (Wildman–Crippen LogP) is 4.64. The number of benzene rings is 3. The first-order valence-corrected chi connectivity index (χ1v) is 10.4. The average molecular weight is 439 g/mol. The lowest BCUT2D eigenvalue weighted by molar-refractivity contribution is -0.116. The van der Waals surface area contributed by atoms with E-state index in [0.717, 1.165) is 33.3 Å². The van der Waals surface area contributed by atoms with Crippen molar-refractivity contribution in [3.05, 3.63) is 95.7 Å². The number of aromatic nitrogens is 1. The molecule has 1 aliphatic rings. The fourth-order valence-corrected chi connectivity index (χ4v) is 3.46. The summed E-state index contributed by atoms with van der Waals surface area (Å²) in [5, 5.41) is 5.04. The average Bonchev–Trinajstić information content (AvgIpc) is 3.48. The molecule has 0 bridgehead atoms. The third-order valence-corrected chi connectivity index (χ3v) is 5.14. The zero-order chi connectivity index (χ0) is 22.5. The van der Waals surface area contributed by atoms with Gasteiger partial charge in [-0.25, -0.2) is 5.43 Å². The van der Waals surface area contributed by atoms with E-state index in [1.807, 2.05) is 72.9 Å². The van der Waals surface area contributed by atoms with E-state index in [1.165, 1.54) is 6.08 Å². The van der Waals surface area contributed by atoms with E-state index in [-0.39, 0.29) is 12.7 Å². The molecular formula is C26H21N3O4. The van der Waals surface area contributed by atoms with Crippen LogP contribution in [0.4, 0.5) is 0 Å². The Bertz CT molecular complexity index is 1340. The third-order valence-electron chi connectivity index (χ3n) is 5.14. The molecule has 1 aromatic heterocycles. The lowest BCUT2D eigenvalue weighted by Gasteiger charge is -2.06. The van der Waals surface area contributed by atoms with Gasteiger partial charge < -0.3 is 19.2 Å². The molecule has 2 heterocycles. The molecule has 4 aromatic rings. The molecule has 2 N–H and O–H groups in total. The van der Waals surface area contributed by atoms with E-state index in [1.54, 1.807) is 12.3 Å². The minimum atomic E-state index is -0.333. The number of ether oxygens (including phenoxy) is 3. The Kier molecular flexibility index (Phi) is 5.75. The molecule has 33 heavy (non-hydrogen) atoms. The zero-order valence-corrected chi connectivity index (χ0v) is 17.7. The number of fused-ring (bicyclic) bond motifs is 2. The highest BCUT2D eigenvalue weighted by Crippen LogP contribution is 2.32. The van der Waals surface area contributed by atoms with Gasteiger partial charge in [0.15, 0.2) is 11.5 Å². The van der Waals surface area contributed by atoms with E-state index < -0.39 is 0 Å². The molecule has 7 heteroatoms. The van der Waals surface area contributed by atoms with Crippen LogP contribution in [-0.2, 0) is 11.4 Å². The number of carbonyl (C=O) groups excluding carboxylic acids is 1. The Hall–Kier alpha value is -4.52. The molecule has 1 aliphatic heterocycles. The fourth-order valence-electron chi connectivity index (χ4n) is 3.46. The second-order valence-electron chi connectivity index (χ2n) is 7.41. The number of hydrazone groups is 1. The lowest BCUT2D eigenvalue weighted by atomic mass is 10.2. The van der Waals surface area contributed by atoms with Crippen LogP contribution >= 0.6 is 0 Å². The largest absolute Gasteiger partial charge is 0.489 e. The Labute approximate surface area is 190 Å². The molecular weight excluding hydrogens is 418 g/mol. The van der Waals surface area contributed by atoms with Crippen LogP contribution in [0, 0.1) is 0 Å². The molecule has 5 rings (SSSR count). The first-order chi connectivity index (χ1) is 16.2. The molecule has 0 radical (unpaired) electrons. The minimum absolute atomic E-state index is 0.216. The van der Waals surface area contributed by atoms with Crippen molar-refractivity contribution in [3.8, 4) is 17.2 Å². The van der Waals surface area contributed by atoms with Crippen LogP contribution in [0.25, 0.3) is 17.0 Å². The van der Waals surface area contributed by atoms with Crippen LogP contribution in [-0.4, -0.2) is 23.9 Å². The van der Waals surface area contributed by atoms with E-state index >= 15 is 0 Å². The van der Waals surface area contributed by atoms with Gasteiger partial charge in [-0.3, -0.25) is 4.79 Å². The second kappa shape index (κ2) is 9.32. The maximum atomic E-state index is 12.1. The van der Waals surface area contributed by atoms with Gasteiger partial charge in [0.1, 0.15) is 12.4 Å². The molecule has 0 aliphatic carbocycles. The number of nitrogens with one attached hydrogen (secondary N) is 2. The van der Waals surface area contributed by atoms with Gasteiger partial charge in [-0.15, -0.1) is 0 Å². The molecule has 7 nitrogen and oxygen atoms in total. The number of carbonyl (C=O) groups is 1. The second-order valence-corrected chi connectivity index (χ2v) is 7.41. The van der Waals surface area contributed by atoms with Crippen molar-refractivity contribution in [3.63, 3.8) is 0 Å². The van der Waals surface area contributed by atoms with Crippen molar-refractivity contribution < 1.29 is 19.0 Å². The summed E-state index contributed by atoms with van der Waals surface area (Å²) in [5.41, 5.74) is 6.24. The third kappa shape index (κ3) is 4.88. The Morgan fingerprint density at radius 3 is 2.85 bits per heavy atom. The van der Waals surface area contributed by atoms with Crippen molar-refractivity contribution in [2.75, 3.05) is 6.79 Å². The predicted molar refractivity (Wildman–Crippen MR) is 126 cm³/mol. The summed E-state index contributed by atoms with van der Waals surface area (Å²) in [4.78, 5) is 15.3. The van der Waals surface area contributed by atoms with Gasteiger partial charge in [-0.1, -0.05) is 36.4 Å². The van der Waals surface area contributed by atoms with Crippen LogP contribution in [0.15, 0.2) is 84.1 Å². The van der Waals surface area contributed by atoms with Gasteiger partial charge >= 0.3 is 0 Å². The Balaban J connectivity index is 1.18. The fraction of sp³-hybridized carbons (Fsp3) is 0.0769. The number of hydrogen-bond donors (Lipinski definition) is 2. The van der Waals surface area contributed by atoms with E-state index in [2.05, 4.69) is 15.5 Å². The quantitative estimate of drug-likeness (QED) is 0.250. The summed E-state index contributed by atoms with van der Waals surface area (Å²) in [7, 11) is 0. The number of amides is 1. The van der Waals surface area contributed by atoms with Crippen molar-refractivity contribution in [2.45, 2.75) is 6.61 Å². The molecule has 164 valence electrons. The SMILES string of the molecule is O=C(C=Cc1ccc2c(c1)OCO2)N/N=C/c1c[nH]c2cc(OCc3ccccc3)ccc12. The Morgan fingerprint density at radius 1 is 1.06 bits per heavy atom. The smallest absolute Gasteiger partial charge is 0.264 e. The molecule has 0 saturated heterocycles. The molecule has 0 fully saturated rings. The molecule has 0 atom stereocenters. The molecule has 0 unspecified atom stereocenters. The normalized spacial score (nSPS) is 12.6. The summed E-state index contributed by atoms with van der Waals surface area (Å²) in [5.74, 6) is 1.82. The molecule has 1 amide bonds. The Morgan fingerprint density at radius 2 is 1.94 bits per heavy atom. The van der Waals surface area contributed by atoms with Gasteiger partial charge in [0.2, 0.25) is 6.79 Å². The number of H-pyrrole nitrogens is 1. The lowest BCUT2D eigenvalue weighted by Crippen LogP contribution is -2.13.